The number of amides is 1. The summed E-state index contributed by atoms with van der Waals surface area (Å²) < 4.78 is 5.32. The molecule has 2 rings (SSSR count). The van der Waals surface area contributed by atoms with Crippen LogP contribution >= 0.6 is 0 Å². The second-order valence-electron chi connectivity index (χ2n) is 4.49. The average Bonchev–Trinajstić information content (AvgIpc) is 2.47. The number of carbonyl (C=O) groups is 1. The van der Waals surface area contributed by atoms with Gasteiger partial charge in [-0.1, -0.05) is 29.8 Å². The normalized spacial score (nSPS) is 10.5. The summed E-state index contributed by atoms with van der Waals surface area (Å²) in [7, 11) is 0. The molecule has 5 heteroatoms. The molecule has 0 aliphatic heterocycles. The summed E-state index contributed by atoms with van der Waals surface area (Å²) in [6.07, 6.45) is 1.45. The fraction of sp³-hybridized carbons (Fsp3) is 0.125. The number of phenolic OH excluding ortho intramolecular Hbond substituents is 1. The first-order valence-electron chi connectivity index (χ1n) is 6.44. The van der Waals surface area contributed by atoms with Crippen LogP contribution in [0.4, 0.5) is 0 Å². The quantitative estimate of drug-likeness (QED) is 0.653. The van der Waals surface area contributed by atoms with E-state index in [2.05, 4.69) is 10.5 Å². The number of nitrogens with one attached hydrogen (secondary N) is 1. The number of benzene rings is 2. The minimum Gasteiger partial charge on any atom is -0.508 e. The fourth-order valence-electron chi connectivity index (χ4n) is 1.60. The van der Waals surface area contributed by atoms with Crippen molar-refractivity contribution in [3.05, 3.63) is 59.7 Å². The molecule has 5 nitrogen and oxygen atoms in total. The zero-order valence-electron chi connectivity index (χ0n) is 11.6. The molecule has 0 unspecified atom stereocenters. The van der Waals surface area contributed by atoms with Crippen molar-refractivity contribution in [2.45, 2.75) is 6.92 Å². The van der Waals surface area contributed by atoms with E-state index in [1.54, 1.807) is 36.4 Å². The van der Waals surface area contributed by atoms with Gasteiger partial charge in [0, 0.05) is 0 Å². The number of rotatable bonds is 5. The Bertz CT molecular complexity index is 636. The lowest BCUT2D eigenvalue weighted by atomic mass is 10.2. The van der Waals surface area contributed by atoms with Crippen molar-refractivity contribution in [3.63, 3.8) is 0 Å². The molecule has 0 fully saturated rings. The highest BCUT2D eigenvalue weighted by molar-refractivity contribution is 5.83. The van der Waals surface area contributed by atoms with Gasteiger partial charge in [-0.05, 0) is 36.8 Å². The van der Waals surface area contributed by atoms with Crippen molar-refractivity contribution in [1.82, 2.24) is 5.43 Å². The predicted octanol–water partition coefficient (Wildman–Crippen LogP) is 2.23. The SMILES string of the molecule is Cc1ccc(OCC(=O)N/N=C\c2cccc(O)c2)cc1. The van der Waals surface area contributed by atoms with Crippen LogP contribution in [0.2, 0.25) is 0 Å². The Morgan fingerprint density at radius 1 is 1.29 bits per heavy atom. The van der Waals surface area contributed by atoms with E-state index in [4.69, 9.17) is 4.74 Å². The van der Waals surface area contributed by atoms with Crippen LogP contribution in [-0.2, 0) is 4.79 Å². The van der Waals surface area contributed by atoms with Crippen molar-refractivity contribution in [2.75, 3.05) is 6.61 Å². The molecule has 2 aromatic carbocycles. The second kappa shape index (κ2) is 7.09. The summed E-state index contributed by atoms with van der Waals surface area (Å²) in [6.45, 7) is 1.87. The monoisotopic (exact) mass is 284 g/mol. The van der Waals surface area contributed by atoms with Gasteiger partial charge in [0.1, 0.15) is 11.5 Å². The number of ether oxygens (including phenoxy) is 1. The zero-order valence-corrected chi connectivity index (χ0v) is 11.6. The maximum Gasteiger partial charge on any atom is 0.277 e. The summed E-state index contributed by atoms with van der Waals surface area (Å²) in [5.74, 6) is 0.424. The molecule has 0 aliphatic carbocycles. The van der Waals surface area contributed by atoms with Crippen LogP contribution < -0.4 is 10.2 Å². The van der Waals surface area contributed by atoms with E-state index in [1.807, 2.05) is 19.1 Å². The van der Waals surface area contributed by atoms with Gasteiger partial charge in [0.15, 0.2) is 6.61 Å². The summed E-state index contributed by atoms with van der Waals surface area (Å²) in [5, 5.41) is 13.1. The van der Waals surface area contributed by atoms with Gasteiger partial charge in [-0.25, -0.2) is 5.43 Å². The van der Waals surface area contributed by atoms with E-state index >= 15 is 0 Å². The third kappa shape index (κ3) is 4.99. The molecule has 2 N–H and O–H groups in total. The molecule has 0 saturated carbocycles. The van der Waals surface area contributed by atoms with E-state index in [0.29, 0.717) is 11.3 Å². The highest BCUT2D eigenvalue weighted by atomic mass is 16.5. The summed E-state index contributed by atoms with van der Waals surface area (Å²) in [6, 6.07) is 14.0. The number of hydrazone groups is 1. The molecular formula is C16H16N2O3. The third-order valence-corrected chi connectivity index (χ3v) is 2.66. The summed E-state index contributed by atoms with van der Waals surface area (Å²) >= 11 is 0. The number of nitrogens with zero attached hydrogens (tertiary/aromatic N) is 1. The van der Waals surface area contributed by atoms with Gasteiger partial charge in [0.05, 0.1) is 6.21 Å². The highest BCUT2D eigenvalue weighted by Gasteiger charge is 2.01. The number of hydrogen-bond acceptors (Lipinski definition) is 4. The Balaban J connectivity index is 1.78. The lowest BCUT2D eigenvalue weighted by Gasteiger charge is -2.05. The lowest BCUT2D eigenvalue weighted by molar-refractivity contribution is -0.123. The number of phenols is 1. The standard InChI is InChI=1S/C16H16N2O3/c1-12-5-7-15(8-6-12)21-11-16(20)18-17-10-13-3-2-4-14(19)9-13/h2-10,19H,11H2,1H3,(H,18,20)/b17-10-. The molecular weight excluding hydrogens is 268 g/mol. The highest BCUT2D eigenvalue weighted by Crippen LogP contribution is 2.11. The first kappa shape index (κ1) is 14.6. The Hall–Kier alpha value is -2.82. The van der Waals surface area contributed by atoms with Crippen LogP contribution in [-0.4, -0.2) is 23.8 Å². The van der Waals surface area contributed by atoms with Crippen LogP contribution in [0, 0.1) is 6.92 Å². The van der Waals surface area contributed by atoms with Crippen molar-refractivity contribution >= 4 is 12.1 Å². The van der Waals surface area contributed by atoms with Crippen molar-refractivity contribution < 1.29 is 14.6 Å². The number of hydrogen-bond donors (Lipinski definition) is 2. The van der Waals surface area contributed by atoms with Crippen LogP contribution in [0.5, 0.6) is 11.5 Å². The lowest BCUT2D eigenvalue weighted by Crippen LogP contribution is -2.24. The molecule has 0 saturated heterocycles. The van der Waals surface area contributed by atoms with Gasteiger partial charge in [-0.15, -0.1) is 0 Å². The fourth-order valence-corrected chi connectivity index (χ4v) is 1.60. The van der Waals surface area contributed by atoms with Crippen LogP contribution in [0.3, 0.4) is 0 Å². The molecule has 108 valence electrons. The second-order valence-corrected chi connectivity index (χ2v) is 4.49. The Morgan fingerprint density at radius 2 is 2.05 bits per heavy atom. The smallest absolute Gasteiger partial charge is 0.277 e. The van der Waals surface area contributed by atoms with Crippen molar-refractivity contribution in [3.8, 4) is 11.5 Å². The summed E-state index contributed by atoms with van der Waals surface area (Å²) in [5.41, 5.74) is 4.17. The van der Waals surface area contributed by atoms with Gasteiger partial charge in [-0.2, -0.15) is 5.10 Å². The van der Waals surface area contributed by atoms with E-state index in [1.165, 1.54) is 6.21 Å². The number of aromatic hydroxyl groups is 1. The zero-order chi connectivity index (χ0) is 15.1. The molecule has 2 aromatic rings. The molecule has 0 aliphatic rings. The van der Waals surface area contributed by atoms with Crippen LogP contribution in [0.25, 0.3) is 0 Å². The van der Waals surface area contributed by atoms with E-state index in [9.17, 15) is 9.90 Å². The maximum absolute atomic E-state index is 11.5. The van der Waals surface area contributed by atoms with Crippen molar-refractivity contribution in [2.24, 2.45) is 5.10 Å². The largest absolute Gasteiger partial charge is 0.508 e. The van der Waals surface area contributed by atoms with Gasteiger partial charge in [0.25, 0.3) is 5.91 Å². The Labute approximate surface area is 122 Å². The minimum atomic E-state index is -0.355. The van der Waals surface area contributed by atoms with E-state index in [-0.39, 0.29) is 18.3 Å². The first-order valence-corrected chi connectivity index (χ1v) is 6.44. The maximum atomic E-state index is 11.5. The summed E-state index contributed by atoms with van der Waals surface area (Å²) in [4.78, 5) is 11.5. The molecule has 21 heavy (non-hydrogen) atoms. The predicted molar refractivity (Wildman–Crippen MR) is 80.5 cm³/mol. The van der Waals surface area contributed by atoms with Gasteiger partial charge < -0.3 is 9.84 Å². The Kier molecular flexibility index (Phi) is 4.93. The molecule has 0 spiro atoms. The number of aryl methyl sites for hydroxylation is 1. The minimum absolute atomic E-state index is 0.111. The molecule has 0 aromatic heterocycles. The van der Waals surface area contributed by atoms with E-state index < -0.39 is 0 Å². The van der Waals surface area contributed by atoms with Crippen molar-refractivity contribution in [1.29, 1.82) is 0 Å². The van der Waals surface area contributed by atoms with E-state index in [0.717, 1.165) is 5.56 Å². The molecule has 1 amide bonds. The molecule has 0 atom stereocenters. The Morgan fingerprint density at radius 3 is 2.76 bits per heavy atom. The molecule has 0 radical (unpaired) electrons. The van der Waals surface area contributed by atoms with Crippen LogP contribution in [0.15, 0.2) is 53.6 Å². The average molecular weight is 284 g/mol. The third-order valence-electron chi connectivity index (χ3n) is 2.66. The first-order chi connectivity index (χ1) is 10.1. The van der Waals surface area contributed by atoms with Gasteiger partial charge in [0.2, 0.25) is 0 Å². The molecule has 0 heterocycles. The number of carbonyl (C=O) groups excluding carboxylic acids is 1. The van der Waals surface area contributed by atoms with Crippen LogP contribution in [0.1, 0.15) is 11.1 Å². The molecule has 0 bridgehead atoms. The van der Waals surface area contributed by atoms with Gasteiger partial charge >= 0.3 is 0 Å². The topological polar surface area (TPSA) is 70.9 Å². The van der Waals surface area contributed by atoms with Gasteiger partial charge in [-0.3, -0.25) is 4.79 Å².